The smallest absolute Gasteiger partial charge is 0.290 e. The largest absolute Gasteiger partial charge is 0.497 e. The zero-order valence-corrected chi connectivity index (χ0v) is 20.1. The summed E-state index contributed by atoms with van der Waals surface area (Å²) in [6.45, 7) is 2.30. The predicted molar refractivity (Wildman–Crippen MR) is 133 cm³/mol. The molecule has 2 heterocycles. The van der Waals surface area contributed by atoms with Gasteiger partial charge in [0, 0.05) is 6.54 Å². The Bertz CT molecular complexity index is 1480. The molecule has 1 aliphatic heterocycles. The summed E-state index contributed by atoms with van der Waals surface area (Å²) in [4.78, 5) is 28.8. The van der Waals surface area contributed by atoms with Crippen molar-refractivity contribution in [3.63, 3.8) is 0 Å². The second-order valence-corrected chi connectivity index (χ2v) is 9.16. The minimum absolute atomic E-state index is 0.0761. The summed E-state index contributed by atoms with van der Waals surface area (Å²) in [6, 6.07) is 17.6. The highest BCUT2D eigenvalue weighted by atomic mass is 35.5. The van der Waals surface area contributed by atoms with Crippen LogP contribution in [0.3, 0.4) is 0 Å². The van der Waals surface area contributed by atoms with Gasteiger partial charge in [-0.3, -0.25) is 9.59 Å². The van der Waals surface area contributed by atoms with Crippen molar-refractivity contribution < 1.29 is 13.9 Å². The highest BCUT2D eigenvalue weighted by Crippen LogP contribution is 2.40. The molecule has 0 spiro atoms. The number of hydrogen-bond acceptors (Lipinski definition) is 4. The van der Waals surface area contributed by atoms with Crippen molar-refractivity contribution in [3.05, 3.63) is 109 Å². The summed E-state index contributed by atoms with van der Waals surface area (Å²) < 4.78 is 11.2. The first-order valence-electron chi connectivity index (χ1n) is 10.8. The molecule has 5 nitrogen and oxygen atoms in total. The molecule has 5 rings (SSSR count). The van der Waals surface area contributed by atoms with Gasteiger partial charge < -0.3 is 14.1 Å². The maximum atomic E-state index is 13.6. The van der Waals surface area contributed by atoms with Crippen LogP contribution in [-0.4, -0.2) is 24.5 Å². The number of methoxy groups -OCH3 is 1. The van der Waals surface area contributed by atoms with Gasteiger partial charge in [-0.25, -0.2) is 0 Å². The molecular formula is C27H21Cl2NO4. The second kappa shape index (κ2) is 8.82. The van der Waals surface area contributed by atoms with E-state index in [9.17, 15) is 9.59 Å². The molecule has 1 atom stereocenters. The van der Waals surface area contributed by atoms with E-state index in [4.69, 9.17) is 32.4 Å². The summed E-state index contributed by atoms with van der Waals surface area (Å²) in [7, 11) is 1.62. The van der Waals surface area contributed by atoms with Gasteiger partial charge >= 0.3 is 0 Å². The van der Waals surface area contributed by atoms with E-state index in [1.165, 1.54) is 0 Å². The lowest BCUT2D eigenvalue weighted by Crippen LogP contribution is -2.31. The number of fused-ring (bicyclic) bond motifs is 2. The van der Waals surface area contributed by atoms with Crippen LogP contribution in [0.5, 0.6) is 5.75 Å². The summed E-state index contributed by atoms with van der Waals surface area (Å²) in [5.74, 6) is 0.519. The molecule has 1 aromatic heterocycles. The molecule has 0 N–H and O–H groups in total. The SMILES string of the molecule is COc1ccc(CCN2C(=O)c3oc4ccc(C)cc4c(=O)c3[C@@H]2c2ccc(Cl)c(Cl)c2)cc1. The highest BCUT2D eigenvalue weighted by molar-refractivity contribution is 6.42. The predicted octanol–water partition coefficient (Wildman–Crippen LogP) is 6.20. The minimum atomic E-state index is -0.628. The second-order valence-electron chi connectivity index (χ2n) is 8.35. The topological polar surface area (TPSA) is 59.8 Å². The van der Waals surface area contributed by atoms with Gasteiger partial charge in [-0.2, -0.15) is 0 Å². The van der Waals surface area contributed by atoms with Crippen molar-refractivity contribution in [2.24, 2.45) is 0 Å². The van der Waals surface area contributed by atoms with Crippen LogP contribution in [0.15, 0.2) is 69.9 Å². The lowest BCUT2D eigenvalue weighted by molar-refractivity contribution is 0.0730. The number of benzene rings is 3. The first-order valence-corrected chi connectivity index (χ1v) is 11.6. The Kier molecular flexibility index (Phi) is 5.84. The van der Waals surface area contributed by atoms with E-state index in [0.717, 1.165) is 16.9 Å². The van der Waals surface area contributed by atoms with E-state index in [-0.39, 0.29) is 17.1 Å². The van der Waals surface area contributed by atoms with E-state index in [1.807, 2.05) is 37.3 Å². The van der Waals surface area contributed by atoms with Gasteiger partial charge in [0.15, 0.2) is 5.43 Å². The van der Waals surface area contributed by atoms with Crippen molar-refractivity contribution in [2.45, 2.75) is 19.4 Å². The summed E-state index contributed by atoms with van der Waals surface area (Å²) >= 11 is 12.5. The fraction of sp³-hybridized carbons (Fsp3) is 0.185. The monoisotopic (exact) mass is 493 g/mol. The van der Waals surface area contributed by atoms with Gasteiger partial charge in [0.2, 0.25) is 5.76 Å². The van der Waals surface area contributed by atoms with Crippen molar-refractivity contribution in [3.8, 4) is 5.75 Å². The molecule has 0 bridgehead atoms. The van der Waals surface area contributed by atoms with Crippen molar-refractivity contribution >= 4 is 40.1 Å². The molecule has 0 saturated heterocycles. The first-order chi connectivity index (χ1) is 16.4. The third kappa shape index (κ3) is 3.85. The third-order valence-electron chi connectivity index (χ3n) is 6.18. The molecule has 3 aromatic carbocycles. The Hall–Kier alpha value is -3.28. The Labute approximate surface area is 206 Å². The van der Waals surface area contributed by atoms with E-state index < -0.39 is 6.04 Å². The summed E-state index contributed by atoms with van der Waals surface area (Å²) in [6.07, 6.45) is 0.592. The number of rotatable bonds is 5. The number of aryl methyl sites for hydroxylation is 1. The average Bonchev–Trinajstić information content (AvgIpc) is 3.12. The molecule has 1 aliphatic rings. The molecular weight excluding hydrogens is 473 g/mol. The molecule has 1 amide bonds. The quantitative estimate of drug-likeness (QED) is 0.331. The molecule has 0 radical (unpaired) electrons. The number of halogens is 2. The molecule has 4 aromatic rings. The first kappa shape index (κ1) is 22.5. The number of hydrogen-bond donors (Lipinski definition) is 0. The van der Waals surface area contributed by atoms with Crippen molar-refractivity contribution in [1.82, 2.24) is 4.90 Å². The van der Waals surface area contributed by atoms with Crippen LogP contribution in [0.4, 0.5) is 0 Å². The van der Waals surface area contributed by atoms with E-state index in [1.54, 1.807) is 42.3 Å². The van der Waals surface area contributed by atoms with Gasteiger partial charge in [0.1, 0.15) is 11.3 Å². The minimum Gasteiger partial charge on any atom is -0.497 e. The zero-order chi connectivity index (χ0) is 24.0. The van der Waals surface area contributed by atoms with E-state index >= 15 is 0 Å². The van der Waals surface area contributed by atoms with Crippen LogP contribution in [0.2, 0.25) is 10.0 Å². The number of ether oxygens (including phenoxy) is 1. The number of carbonyl (C=O) groups is 1. The summed E-state index contributed by atoms with van der Waals surface area (Å²) in [5, 5.41) is 1.21. The Morgan fingerprint density at radius 3 is 2.44 bits per heavy atom. The third-order valence-corrected chi connectivity index (χ3v) is 6.92. The lowest BCUT2D eigenvalue weighted by Gasteiger charge is -2.25. The molecule has 0 aliphatic carbocycles. The zero-order valence-electron chi connectivity index (χ0n) is 18.6. The number of nitrogens with zero attached hydrogens (tertiary/aromatic N) is 1. The lowest BCUT2D eigenvalue weighted by atomic mass is 9.98. The summed E-state index contributed by atoms with van der Waals surface area (Å²) in [5.41, 5.74) is 3.19. The van der Waals surface area contributed by atoms with E-state index in [2.05, 4.69) is 0 Å². The molecule has 34 heavy (non-hydrogen) atoms. The molecule has 0 unspecified atom stereocenters. The standard InChI is InChI=1S/C27H21Cl2NO4/c1-15-3-10-22-19(13-15)25(31)23-24(17-6-9-20(28)21(29)14-17)30(27(32)26(23)34-22)12-11-16-4-7-18(33-2)8-5-16/h3-10,13-14,24H,11-12H2,1-2H3/t24-/m0/s1. The average molecular weight is 494 g/mol. The molecule has 0 fully saturated rings. The van der Waals surface area contributed by atoms with Crippen LogP contribution in [0.1, 0.15) is 38.9 Å². The fourth-order valence-electron chi connectivity index (χ4n) is 4.44. The Balaban J connectivity index is 1.62. The highest BCUT2D eigenvalue weighted by Gasteiger charge is 2.42. The van der Waals surface area contributed by atoms with Gasteiger partial charge in [0.05, 0.1) is 34.1 Å². The number of carbonyl (C=O) groups excluding carboxylic acids is 1. The van der Waals surface area contributed by atoms with Gasteiger partial charge in [-0.05, 0) is 60.9 Å². The fourth-order valence-corrected chi connectivity index (χ4v) is 4.74. The van der Waals surface area contributed by atoms with Crippen LogP contribution >= 0.6 is 23.2 Å². The van der Waals surface area contributed by atoms with Gasteiger partial charge in [-0.15, -0.1) is 0 Å². The number of amides is 1. The van der Waals surface area contributed by atoms with E-state index in [0.29, 0.717) is 45.1 Å². The van der Waals surface area contributed by atoms with Crippen molar-refractivity contribution in [2.75, 3.05) is 13.7 Å². The maximum absolute atomic E-state index is 13.6. The normalized spacial score (nSPS) is 15.1. The van der Waals surface area contributed by atoms with Crippen LogP contribution in [-0.2, 0) is 6.42 Å². The van der Waals surface area contributed by atoms with Gasteiger partial charge in [-0.1, -0.05) is 53.0 Å². The van der Waals surface area contributed by atoms with Crippen LogP contribution in [0.25, 0.3) is 11.0 Å². The van der Waals surface area contributed by atoms with Crippen LogP contribution < -0.4 is 10.2 Å². The Morgan fingerprint density at radius 1 is 0.971 bits per heavy atom. The molecule has 172 valence electrons. The molecule has 7 heteroatoms. The maximum Gasteiger partial charge on any atom is 0.290 e. The van der Waals surface area contributed by atoms with Crippen molar-refractivity contribution in [1.29, 1.82) is 0 Å². The Morgan fingerprint density at radius 2 is 1.74 bits per heavy atom. The van der Waals surface area contributed by atoms with Gasteiger partial charge in [0.25, 0.3) is 5.91 Å². The van der Waals surface area contributed by atoms with Crippen LogP contribution in [0, 0.1) is 6.92 Å². The molecule has 0 saturated carbocycles.